The zero-order chi connectivity index (χ0) is 17.4. The van der Waals surface area contributed by atoms with Crippen molar-refractivity contribution in [3.8, 4) is 5.75 Å². The van der Waals surface area contributed by atoms with E-state index in [0.29, 0.717) is 17.7 Å². The number of rotatable bonds is 2. The molecule has 1 aliphatic heterocycles. The highest BCUT2D eigenvalue weighted by Gasteiger charge is 2.31. The van der Waals surface area contributed by atoms with Crippen LogP contribution >= 0.6 is 0 Å². The number of allylic oxidation sites excluding steroid dienone is 4. The molecule has 0 aromatic heterocycles. The van der Waals surface area contributed by atoms with E-state index in [-0.39, 0.29) is 5.82 Å². The normalized spacial score (nSPS) is 15.4. The fourth-order valence-electron chi connectivity index (χ4n) is 3.26. The largest absolute Gasteiger partial charge is 0.423 e. The van der Waals surface area contributed by atoms with Gasteiger partial charge < -0.3 is 9.64 Å². The maximum Gasteiger partial charge on any atom is 0.344 e. The molecule has 0 radical (unpaired) electrons. The molecule has 25 heavy (non-hydrogen) atoms. The highest BCUT2D eigenvalue weighted by Crippen LogP contribution is 2.42. The van der Waals surface area contributed by atoms with Gasteiger partial charge in [-0.15, -0.1) is 0 Å². The Bertz CT molecular complexity index is 939. The number of halogens is 1. The lowest BCUT2D eigenvalue weighted by Crippen LogP contribution is -2.27. The molecule has 2 aromatic rings. The molecule has 4 heteroatoms. The third-order valence-electron chi connectivity index (χ3n) is 4.45. The van der Waals surface area contributed by atoms with E-state index in [4.69, 9.17) is 4.74 Å². The van der Waals surface area contributed by atoms with Gasteiger partial charge in [0.1, 0.15) is 11.6 Å². The van der Waals surface area contributed by atoms with Gasteiger partial charge in [0.15, 0.2) is 0 Å². The average Bonchev–Trinajstić information content (AvgIpc) is 2.64. The Hall–Kier alpha value is -3.14. The van der Waals surface area contributed by atoms with Gasteiger partial charge in [0.25, 0.3) is 0 Å². The molecule has 1 heterocycles. The standard InChI is InChI=1S/C21H16FNO2/c1-23-18-8-4-2-6-16(18)20(17-7-3-5-9-19(17)23)21(24)25-15-12-10-14(22)11-13-15/h2-6,8-13H,7H2,1H3. The van der Waals surface area contributed by atoms with Gasteiger partial charge in [-0.05, 0) is 48.4 Å². The van der Waals surface area contributed by atoms with Crippen molar-refractivity contribution < 1.29 is 13.9 Å². The van der Waals surface area contributed by atoms with Crippen LogP contribution in [0.5, 0.6) is 5.75 Å². The van der Waals surface area contributed by atoms with Gasteiger partial charge in [0.05, 0.1) is 5.57 Å². The minimum atomic E-state index is -0.427. The monoisotopic (exact) mass is 333 g/mol. The van der Waals surface area contributed by atoms with Crippen LogP contribution in [0, 0.1) is 5.82 Å². The number of carbonyl (C=O) groups is 1. The van der Waals surface area contributed by atoms with Crippen LogP contribution in [0.1, 0.15) is 12.0 Å². The summed E-state index contributed by atoms with van der Waals surface area (Å²) in [5.41, 5.74) is 4.30. The lowest BCUT2D eigenvalue weighted by Gasteiger charge is -2.34. The quantitative estimate of drug-likeness (QED) is 0.599. The minimum Gasteiger partial charge on any atom is -0.423 e. The molecule has 0 bridgehead atoms. The van der Waals surface area contributed by atoms with Gasteiger partial charge in [0.2, 0.25) is 0 Å². The Morgan fingerprint density at radius 1 is 1.12 bits per heavy atom. The Labute approximate surface area is 145 Å². The highest BCUT2D eigenvalue weighted by atomic mass is 19.1. The van der Waals surface area contributed by atoms with Crippen LogP contribution in [-0.4, -0.2) is 13.0 Å². The van der Waals surface area contributed by atoms with Gasteiger partial charge in [-0.25, -0.2) is 9.18 Å². The number of ether oxygens (including phenoxy) is 1. The number of nitrogens with zero attached hydrogens (tertiary/aromatic N) is 1. The summed E-state index contributed by atoms with van der Waals surface area (Å²) in [5, 5.41) is 0. The number of para-hydroxylation sites is 1. The third-order valence-corrected chi connectivity index (χ3v) is 4.45. The van der Waals surface area contributed by atoms with Gasteiger partial charge in [0, 0.05) is 24.0 Å². The number of benzene rings is 2. The Balaban J connectivity index is 1.80. The number of fused-ring (bicyclic) bond motifs is 2. The average molecular weight is 333 g/mol. The molecule has 124 valence electrons. The van der Waals surface area contributed by atoms with Crippen molar-refractivity contribution >= 4 is 17.2 Å². The Kier molecular flexibility index (Phi) is 3.73. The van der Waals surface area contributed by atoms with Crippen molar-refractivity contribution in [3.05, 3.63) is 89.4 Å². The summed E-state index contributed by atoms with van der Waals surface area (Å²) in [4.78, 5) is 15.0. The van der Waals surface area contributed by atoms with Crippen molar-refractivity contribution in [2.75, 3.05) is 11.9 Å². The first-order chi connectivity index (χ1) is 12.1. The number of anilines is 1. The van der Waals surface area contributed by atoms with Gasteiger partial charge in [-0.1, -0.05) is 30.4 Å². The van der Waals surface area contributed by atoms with Crippen molar-refractivity contribution in [1.82, 2.24) is 0 Å². The first-order valence-electron chi connectivity index (χ1n) is 8.06. The van der Waals surface area contributed by atoms with Crippen LogP contribution in [0.4, 0.5) is 10.1 Å². The second-order valence-corrected chi connectivity index (χ2v) is 5.96. The van der Waals surface area contributed by atoms with E-state index in [1.165, 1.54) is 24.3 Å². The van der Waals surface area contributed by atoms with Gasteiger partial charge in [-0.3, -0.25) is 0 Å². The number of carbonyl (C=O) groups excluding carboxylic acids is 1. The lowest BCUT2D eigenvalue weighted by molar-refractivity contribution is -0.128. The molecule has 3 nitrogen and oxygen atoms in total. The lowest BCUT2D eigenvalue weighted by atomic mass is 9.87. The Morgan fingerprint density at radius 2 is 1.88 bits per heavy atom. The second-order valence-electron chi connectivity index (χ2n) is 5.96. The van der Waals surface area contributed by atoms with Crippen LogP contribution in [0.15, 0.2) is 78.0 Å². The second kappa shape index (κ2) is 6.06. The van der Waals surface area contributed by atoms with Crippen LogP contribution < -0.4 is 9.64 Å². The fourth-order valence-corrected chi connectivity index (χ4v) is 3.26. The Morgan fingerprint density at radius 3 is 2.68 bits per heavy atom. The summed E-state index contributed by atoms with van der Waals surface area (Å²) in [6, 6.07) is 13.2. The molecule has 0 saturated carbocycles. The number of esters is 1. The summed E-state index contributed by atoms with van der Waals surface area (Å²) < 4.78 is 18.6. The van der Waals surface area contributed by atoms with E-state index < -0.39 is 5.97 Å². The van der Waals surface area contributed by atoms with Crippen LogP contribution in [0.3, 0.4) is 0 Å². The zero-order valence-corrected chi connectivity index (χ0v) is 13.7. The molecule has 0 unspecified atom stereocenters. The minimum absolute atomic E-state index is 0.327. The van der Waals surface area contributed by atoms with E-state index >= 15 is 0 Å². The maximum absolute atomic E-state index is 13.1. The first-order valence-corrected chi connectivity index (χ1v) is 8.06. The molecule has 2 aromatic carbocycles. The summed E-state index contributed by atoms with van der Waals surface area (Å²) in [6.07, 6.45) is 6.68. The fraction of sp³-hybridized carbons (Fsp3) is 0.0952. The molecule has 0 spiro atoms. The van der Waals surface area contributed by atoms with Gasteiger partial charge >= 0.3 is 5.97 Å². The van der Waals surface area contributed by atoms with Crippen molar-refractivity contribution in [3.63, 3.8) is 0 Å². The first kappa shape index (κ1) is 15.4. The molecular formula is C21H16FNO2. The van der Waals surface area contributed by atoms with Crippen LogP contribution in [0.2, 0.25) is 0 Å². The van der Waals surface area contributed by atoms with Crippen molar-refractivity contribution in [2.45, 2.75) is 6.42 Å². The number of hydrogen-bond donors (Lipinski definition) is 0. The van der Waals surface area contributed by atoms with E-state index in [9.17, 15) is 9.18 Å². The molecule has 2 aliphatic rings. The predicted octanol–water partition coefficient (Wildman–Crippen LogP) is 4.48. The van der Waals surface area contributed by atoms with Gasteiger partial charge in [-0.2, -0.15) is 0 Å². The van der Waals surface area contributed by atoms with E-state index in [2.05, 4.69) is 4.90 Å². The molecule has 4 rings (SSSR count). The zero-order valence-electron chi connectivity index (χ0n) is 13.7. The van der Waals surface area contributed by atoms with E-state index in [1.54, 1.807) is 0 Å². The molecular weight excluding hydrogens is 317 g/mol. The molecule has 0 N–H and O–H groups in total. The molecule has 0 atom stereocenters. The van der Waals surface area contributed by atoms with Crippen molar-refractivity contribution in [2.24, 2.45) is 0 Å². The van der Waals surface area contributed by atoms with E-state index in [0.717, 1.165) is 22.5 Å². The summed E-state index contributed by atoms with van der Waals surface area (Å²) in [5.74, 6) is -0.467. The molecule has 0 saturated heterocycles. The molecule has 1 aliphatic carbocycles. The number of likely N-dealkylation sites (N-methyl/N-ethyl adjacent to an activating group) is 1. The van der Waals surface area contributed by atoms with Crippen LogP contribution in [-0.2, 0) is 4.79 Å². The molecule has 0 amide bonds. The summed E-state index contributed by atoms with van der Waals surface area (Å²) in [6.45, 7) is 0. The molecule has 0 fully saturated rings. The third kappa shape index (κ3) is 2.66. The summed E-state index contributed by atoms with van der Waals surface area (Å²) >= 11 is 0. The van der Waals surface area contributed by atoms with Crippen molar-refractivity contribution in [1.29, 1.82) is 0 Å². The highest BCUT2D eigenvalue weighted by molar-refractivity contribution is 6.22. The summed E-state index contributed by atoms with van der Waals surface area (Å²) in [7, 11) is 1.99. The topological polar surface area (TPSA) is 29.5 Å². The van der Waals surface area contributed by atoms with Crippen LogP contribution in [0.25, 0.3) is 5.57 Å². The maximum atomic E-state index is 13.1. The smallest absolute Gasteiger partial charge is 0.344 e. The number of hydrogen-bond acceptors (Lipinski definition) is 3. The van der Waals surface area contributed by atoms with E-state index in [1.807, 2.05) is 49.5 Å². The predicted molar refractivity (Wildman–Crippen MR) is 95.6 cm³/mol. The SMILES string of the molecule is CN1C2=CC=CCC2=C(C(=O)Oc2ccc(F)cc2)c2ccccc21.